The molecule has 0 aromatic heterocycles. The minimum Gasteiger partial charge on any atom is -0.385 e. The topological polar surface area (TPSA) is 42.5 Å². The Kier molecular flexibility index (Phi) is 6.77. The lowest BCUT2D eigenvalue weighted by atomic mass is 9.82. The van der Waals surface area contributed by atoms with Crippen LogP contribution in [0.15, 0.2) is 0 Å². The first-order valence-electron chi connectivity index (χ1n) is 6.25. The van der Waals surface area contributed by atoms with Crippen LogP contribution in [0.1, 0.15) is 26.2 Å². The Morgan fingerprint density at radius 2 is 2.06 bits per heavy atom. The van der Waals surface area contributed by atoms with E-state index < -0.39 is 0 Å². The first-order chi connectivity index (χ1) is 8.16. The summed E-state index contributed by atoms with van der Waals surface area (Å²) >= 11 is 5.23. The van der Waals surface area contributed by atoms with Gasteiger partial charge in [0.15, 0.2) is 5.11 Å². The summed E-state index contributed by atoms with van der Waals surface area (Å²) < 4.78 is 10.4. The van der Waals surface area contributed by atoms with E-state index in [1.165, 1.54) is 0 Å². The zero-order chi connectivity index (χ0) is 12.6. The maximum absolute atomic E-state index is 5.37. The van der Waals surface area contributed by atoms with Gasteiger partial charge in [0.05, 0.1) is 0 Å². The van der Waals surface area contributed by atoms with Crippen LogP contribution in [0.3, 0.4) is 0 Å². The van der Waals surface area contributed by atoms with Gasteiger partial charge in [-0.25, -0.2) is 0 Å². The molecule has 1 aliphatic heterocycles. The lowest BCUT2D eigenvalue weighted by molar-refractivity contribution is 0.0261. The second-order valence-electron chi connectivity index (χ2n) is 4.88. The van der Waals surface area contributed by atoms with Gasteiger partial charge >= 0.3 is 0 Å². The zero-order valence-corrected chi connectivity index (χ0v) is 11.7. The van der Waals surface area contributed by atoms with Gasteiger partial charge in [0.2, 0.25) is 0 Å². The summed E-state index contributed by atoms with van der Waals surface area (Å²) in [5, 5.41) is 7.22. The Morgan fingerprint density at radius 3 is 2.71 bits per heavy atom. The van der Waals surface area contributed by atoms with E-state index in [-0.39, 0.29) is 0 Å². The molecule has 1 fully saturated rings. The van der Waals surface area contributed by atoms with Crippen LogP contribution in [0, 0.1) is 5.41 Å². The molecule has 0 aromatic carbocycles. The van der Waals surface area contributed by atoms with Gasteiger partial charge in [-0.3, -0.25) is 0 Å². The highest BCUT2D eigenvalue weighted by molar-refractivity contribution is 7.80. The molecule has 17 heavy (non-hydrogen) atoms. The summed E-state index contributed by atoms with van der Waals surface area (Å²) in [6.07, 6.45) is 3.18. The number of rotatable bonds is 6. The highest BCUT2D eigenvalue weighted by atomic mass is 32.1. The molecule has 1 saturated heterocycles. The van der Waals surface area contributed by atoms with E-state index in [1.807, 2.05) is 0 Å². The van der Waals surface area contributed by atoms with Crippen molar-refractivity contribution in [3.05, 3.63) is 0 Å². The molecule has 0 unspecified atom stereocenters. The summed E-state index contributed by atoms with van der Waals surface area (Å²) in [4.78, 5) is 0. The van der Waals surface area contributed by atoms with Crippen LogP contribution in [0.25, 0.3) is 0 Å². The number of hydrogen-bond donors (Lipinski definition) is 2. The van der Waals surface area contributed by atoms with Crippen molar-refractivity contribution in [1.82, 2.24) is 10.6 Å². The predicted molar refractivity (Wildman–Crippen MR) is 73.3 cm³/mol. The Hall–Kier alpha value is -0.390. The molecule has 2 N–H and O–H groups in total. The summed E-state index contributed by atoms with van der Waals surface area (Å²) in [5.74, 6) is 0. The molecule has 5 heteroatoms. The molecule has 1 rings (SSSR count). The number of nitrogens with one attached hydrogen (secondary N) is 2. The highest BCUT2D eigenvalue weighted by Crippen LogP contribution is 2.28. The predicted octanol–water partition coefficient (Wildman–Crippen LogP) is 1.30. The second kappa shape index (κ2) is 7.84. The molecular weight excluding hydrogens is 236 g/mol. The monoisotopic (exact) mass is 260 g/mol. The fraction of sp³-hybridized carbons (Fsp3) is 0.917. The van der Waals surface area contributed by atoms with Gasteiger partial charge in [-0.15, -0.1) is 0 Å². The van der Waals surface area contributed by atoms with Gasteiger partial charge in [-0.1, -0.05) is 6.92 Å². The van der Waals surface area contributed by atoms with Crippen molar-refractivity contribution in [3.63, 3.8) is 0 Å². The Morgan fingerprint density at radius 1 is 1.35 bits per heavy atom. The fourth-order valence-electron chi connectivity index (χ4n) is 1.82. The molecule has 0 bridgehead atoms. The summed E-state index contributed by atoms with van der Waals surface area (Å²) in [6, 6.07) is 0. The molecule has 1 aliphatic rings. The van der Waals surface area contributed by atoms with Gasteiger partial charge in [-0.2, -0.15) is 0 Å². The third kappa shape index (κ3) is 6.19. The minimum absolute atomic E-state index is 0.316. The van der Waals surface area contributed by atoms with Crippen LogP contribution in [-0.2, 0) is 9.47 Å². The number of ether oxygens (including phenoxy) is 2. The molecule has 0 aromatic rings. The molecule has 100 valence electrons. The third-order valence-corrected chi connectivity index (χ3v) is 3.48. The van der Waals surface area contributed by atoms with Crippen molar-refractivity contribution in [1.29, 1.82) is 0 Å². The van der Waals surface area contributed by atoms with Crippen molar-refractivity contribution in [2.75, 3.05) is 40.0 Å². The SMILES string of the molecule is COCCCNC(=S)NCC1(C)CCOCC1. The van der Waals surface area contributed by atoms with E-state index in [0.29, 0.717) is 5.41 Å². The van der Waals surface area contributed by atoms with E-state index in [0.717, 1.165) is 57.3 Å². The van der Waals surface area contributed by atoms with Gasteiger partial charge in [0.25, 0.3) is 0 Å². The van der Waals surface area contributed by atoms with Crippen molar-refractivity contribution in [2.24, 2.45) is 5.41 Å². The Balaban J connectivity index is 2.10. The van der Waals surface area contributed by atoms with Gasteiger partial charge in [0, 0.05) is 40.0 Å². The minimum atomic E-state index is 0.316. The van der Waals surface area contributed by atoms with Crippen molar-refractivity contribution >= 4 is 17.3 Å². The first kappa shape index (κ1) is 14.7. The summed E-state index contributed by atoms with van der Waals surface area (Å²) in [6.45, 7) is 6.57. The van der Waals surface area contributed by atoms with Crippen molar-refractivity contribution < 1.29 is 9.47 Å². The van der Waals surface area contributed by atoms with Gasteiger partial charge in [-0.05, 0) is 36.9 Å². The molecule has 0 aliphatic carbocycles. The highest BCUT2D eigenvalue weighted by Gasteiger charge is 2.27. The van der Waals surface area contributed by atoms with Gasteiger partial charge < -0.3 is 20.1 Å². The maximum Gasteiger partial charge on any atom is 0.166 e. The lowest BCUT2D eigenvalue weighted by Crippen LogP contribution is -2.43. The molecule has 4 nitrogen and oxygen atoms in total. The molecule has 0 amide bonds. The summed E-state index contributed by atoms with van der Waals surface area (Å²) in [7, 11) is 1.71. The van der Waals surface area contributed by atoms with E-state index >= 15 is 0 Å². The van der Waals surface area contributed by atoms with Crippen LogP contribution in [0.2, 0.25) is 0 Å². The van der Waals surface area contributed by atoms with Crippen LogP contribution >= 0.6 is 12.2 Å². The van der Waals surface area contributed by atoms with Gasteiger partial charge in [0.1, 0.15) is 0 Å². The second-order valence-corrected chi connectivity index (χ2v) is 5.29. The Bertz CT molecular complexity index is 231. The molecule has 1 heterocycles. The van der Waals surface area contributed by atoms with E-state index in [4.69, 9.17) is 21.7 Å². The van der Waals surface area contributed by atoms with Crippen molar-refractivity contribution in [3.8, 4) is 0 Å². The zero-order valence-electron chi connectivity index (χ0n) is 10.9. The smallest absolute Gasteiger partial charge is 0.166 e. The number of methoxy groups -OCH3 is 1. The quantitative estimate of drug-likeness (QED) is 0.557. The third-order valence-electron chi connectivity index (χ3n) is 3.19. The van der Waals surface area contributed by atoms with E-state index in [9.17, 15) is 0 Å². The van der Waals surface area contributed by atoms with Crippen LogP contribution < -0.4 is 10.6 Å². The molecule has 0 saturated carbocycles. The number of hydrogen-bond acceptors (Lipinski definition) is 3. The summed E-state index contributed by atoms with van der Waals surface area (Å²) in [5.41, 5.74) is 0.316. The standard InChI is InChI=1S/C12H24N2O2S/c1-12(4-8-16-9-5-12)10-14-11(17)13-6-3-7-15-2/h3-10H2,1-2H3,(H2,13,14,17). The van der Waals surface area contributed by atoms with Crippen LogP contribution in [0.5, 0.6) is 0 Å². The van der Waals surface area contributed by atoms with E-state index in [2.05, 4.69) is 17.6 Å². The van der Waals surface area contributed by atoms with Crippen molar-refractivity contribution in [2.45, 2.75) is 26.2 Å². The van der Waals surface area contributed by atoms with Crippen LogP contribution in [-0.4, -0.2) is 45.1 Å². The fourth-order valence-corrected chi connectivity index (χ4v) is 1.99. The average molecular weight is 260 g/mol. The Labute approximate surface area is 109 Å². The van der Waals surface area contributed by atoms with E-state index in [1.54, 1.807) is 7.11 Å². The number of thiocarbonyl (C=S) groups is 1. The largest absolute Gasteiger partial charge is 0.385 e. The van der Waals surface area contributed by atoms with Crippen LogP contribution in [0.4, 0.5) is 0 Å². The molecular formula is C12H24N2O2S. The average Bonchev–Trinajstić information content (AvgIpc) is 2.33. The lowest BCUT2D eigenvalue weighted by Gasteiger charge is -2.34. The molecule has 0 atom stereocenters. The molecule has 0 radical (unpaired) electrons. The maximum atomic E-state index is 5.37. The molecule has 0 spiro atoms. The first-order valence-corrected chi connectivity index (χ1v) is 6.65. The normalized spacial score (nSPS) is 18.7.